The van der Waals surface area contributed by atoms with Gasteiger partial charge in [0.05, 0.1) is 6.10 Å². The maximum atomic E-state index is 5.30. The molecule has 1 aliphatic rings. The number of aromatic nitrogens is 1. The van der Waals surface area contributed by atoms with Crippen molar-refractivity contribution in [3.05, 3.63) is 11.8 Å². The quantitative estimate of drug-likeness (QED) is 0.680. The zero-order chi connectivity index (χ0) is 8.39. The second-order valence-corrected chi connectivity index (χ2v) is 2.87. The number of hydrogen-bond donors (Lipinski definition) is 0. The molecule has 1 aromatic rings. The predicted octanol–water partition coefficient (Wildman–Crippen LogP) is 1.15. The third-order valence-corrected chi connectivity index (χ3v) is 1.82. The lowest BCUT2D eigenvalue weighted by Gasteiger charge is -2.25. The molecule has 66 valence electrons. The Kier molecular flexibility index (Phi) is 1.99. The predicted molar refractivity (Wildman–Crippen MR) is 41.1 cm³/mol. The molecule has 1 saturated heterocycles. The van der Waals surface area contributed by atoms with Crippen molar-refractivity contribution in [1.29, 1.82) is 0 Å². The van der Waals surface area contributed by atoms with Gasteiger partial charge in [0.1, 0.15) is 12.4 Å². The summed E-state index contributed by atoms with van der Waals surface area (Å²) in [5.74, 6) is 1.31. The van der Waals surface area contributed by atoms with Gasteiger partial charge in [0.25, 0.3) is 5.88 Å². The first-order chi connectivity index (χ1) is 5.84. The number of ether oxygens (including phenoxy) is 2. The third kappa shape index (κ3) is 1.58. The van der Waals surface area contributed by atoms with E-state index < -0.39 is 0 Å². The fourth-order valence-corrected chi connectivity index (χ4v) is 1.01. The molecule has 1 atom stereocenters. The van der Waals surface area contributed by atoms with Gasteiger partial charge in [-0.1, -0.05) is 0 Å². The molecule has 0 N–H and O–H groups in total. The third-order valence-electron chi connectivity index (χ3n) is 1.82. The molecule has 0 aromatic carbocycles. The Morgan fingerprint density at radius 1 is 1.75 bits per heavy atom. The standard InChI is InChI=1S/C8H11NO3/c1-6-4-8(9-12-6)11-5-7-2-3-10-7/h4,7H,2-3,5H2,1H3. The van der Waals surface area contributed by atoms with Gasteiger partial charge in [-0.05, 0) is 12.1 Å². The van der Waals surface area contributed by atoms with E-state index >= 15 is 0 Å². The summed E-state index contributed by atoms with van der Waals surface area (Å²) in [6.07, 6.45) is 1.33. The normalized spacial score (nSPS) is 21.9. The van der Waals surface area contributed by atoms with Crippen LogP contribution in [0.2, 0.25) is 0 Å². The van der Waals surface area contributed by atoms with Crippen LogP contribution in [0.5, 0.6) is 5.88 Å². The first-order valence-corrected chi connectivity index (χ1v) is 4.02. The Labute approximate surface area is 70.4 Å². The smallest absolute Gasteiger partial charge is 0.254 e. The van der Waals surface area contributed by atoms with Crippen LogP contribution >= 0.6 is 0 Å². The maximum Gasteiger partial charge on any atom is 0.254 e. The van der Waals surface area contributed by atoms with E-state index in [9.17, 15) is 0 Å². The largest absolute Gasteiger partial charge is 0.473 e. The minimum absolute atomic E-state index is 0.252. The topological polar surface area (TPSA) is 44.5 Å². The van der Waals surface area contributed by atoms with Crippen LogP contribution in [0.25, 0.3) is 0 Å². The minimum atomic E-state index is 0.252. The Morgan fingerprint density at radius 2 is 2.58 bits per heavy atom. The van der Waals surface area contributed by atoms with Crippen molar-refractivity contribution in [2.24, 2.45) is 0 Å². The monoisotopic (exact) mass is 169 g/mol. The minimum Gasteiger partial charge on any atom is -0.473 e. The zero-order valence-corrected chi connectivity index (χ0v) is 6.95. The summed E-state index contributed by atoms with van der Waals surface area (Å²) in [6.45, 7) is 3.26. The van der Waals surface area contributed by atoms with Gasteiger partial charge in [-0.15, -0.1) is 0 Å². The molecule has 4 heteroatoms. The van der Waals surface area contributed by atoms with Crippen LogP contribution in [0.1, 0.15) is 12.2 Å². The molecule has 0 radical (unpaired) electrons. The Bertz CT molecular complexity index is 255. The Hall–Kier alpha value is -1.03. The molecule has 12 heavy (non-hydrogen) atoms. The summed E-state index contributed by atoms with van der Waals surface area (Å²) in [7, 11) is 0. The molecule has 1 unspecified atom stereocenters. The molecule has 0 saturated carbocycles. The van der Waals surface area contributed by atoms with Crippen molar-refractivity contribution >= 4 is 0 Å². The van der Waals surface area contributed by atoms with E-state index in [2.05, 4.69) is 5.16 Å². The lowest BCUT2D eigenvalue weighted by Crippen LogP contribution is -2.32. The van der Waals surface area contributed by atoms with E-state index in [-0.39, 0.29) is 6.10 Å². The lowest BCUT2D eigenvalue weighted by atomic mass is 10.2. The summed E-state index contributed by atoms with van der Waals surface area (Å²) in [4.78, 5) is 0. The van der Waals surface area contributed by atoms with Crippen molar-refractivity contribution < 1.29 is 14.0 Å². The Morgan fingerprint density at radius 3 is 3.08 bits per heavy atom. The van der Waals surface area contributed by atoms with E-state index in [0.717, 1.165) is 18.8 Å². The van der Waals surface area contributed by atoms with E-state index in [1.807, 2.05) is 6.92 Å². The van der Waals surface area contributed by atoms with Gasteiger partial charge in [-0.3, -0.25) is 0 Å². The number of aryl methyl sites for hydroxylation is 1. The van der Waals surface area contributed by atoms with Gasteiger partial charge in [0.2, 0.25) is 0 Å². The summed E-state index contributed by atoms with van der Waals surface area (Å²) < 4.78 is 15.3. The molecule has 0 spiro atoms. The van der Waals surface area contributed by atoms with E-state index in [4.69, 9.17) is 14.0 Å². The van der Waals surface area contributed by atoms with Crippen molar-refractivity contribution in [1.82, 2.24) is 5.16 Å². The molecule has 0 bridgehead atoms. The molecule has 4 nitrogen and oxygen atoms in total. The average Bonchev–Trinajstić information content (AvgIpc) is 2.32. The van der Waals surface area contributed by atoms with Crippen LogP contribution in [-0.2, 0) is 4.74 Å². The summed E-state index contributed by atoms with van der Waals surface area (Å²) in [5, 5.41) is 3.69. The second kappa shape index (κ2) is 3.15. The van der Waals surface area contributed by atoms with Gasteiger partial charge in [-0.2, -0.15) is 0 Å². The first-order valence-electron chi connectivity index (χ1n) is 4.02. The summed E-state index contributed by atoms with van der Waals surface area (Å²) in [5.41, 5.74) is 0. The molecule has 1 aromatic heterocycles. The molecular formula is C8H11NO3. The highest BCUT2D eigenvalue weighted by Crippen LogP contribution is 2.14. The average molecular weight is 169 g/mol. The van der Waals surface area contributed by atoms with E-state index in [0.29, 0.717) is 12.5 Å². The zero-order valence-electron chi connectivity index (χ0n) is 6.95. The van der Waals surface area contributed by atoms with Crippen molar-refractivity contribution in [2.45, 2.75) is 19.4 Å². The van der Waals surface area contributed by atoms with Crippen molar-refractivity contribution in [2.75, 3.05) is 13.2 Å². The van der Waals surface area contributed by atoms with Crippen LogP contribution in [0.15, 0.2) is 10.6 Å². The maximum absolute atomic E-state index is 5.30. The molecule has 0 aliphatic carbocycles. The van der Waals surface area contributed by atoms with Crippen molar-refractivity contribution in [3.8, 4) is 5.88 Å². The fourth-order valence-electron chi connectivity index (χ4n) is 1.01. The van der Waals surface area contributed by atoms with Crippen LogP contribution in [0, 0.1) is 6.92 Å². The van der Waals surface area contributed by atoms with E-state index in [1.165, 1.54) is 0 Å². The van der Waals surface area contributed by atoms with Gasteiger partial charge >= 0.3 is 0 Å². The highest BCUT2D eigenvalue weighted by atomic mass is 16.6. The number of hydrogen-bond acceptors (Lipinski definition) is 4. The van der Waals surface area contributed by atoms with Gasteiger partial charge in [-0.25, -0.2) is 0 Å². The van der Waals surface area contributed by atoms with Crippen LogP contribution in [-0.4, -0.2) is 24.5 Å². The number of rotatable bonds is 3. The van der Waals surface area contributed by atoms with Crippen molar-refractivity contribution in [3.63, 3.8) is 0 Å². The lowest BCUT2D eigenvalue weighted by molar-refractivity contribution is -0.0730. The highest BCUT2D eigenvalue weighted by molar-refractivity contribution is 5.09. The van der Waals surface area contributed by atoms with E-state index in [1.54, 1.807) is 6.07 Å². The van der Waals surface area contributed by atoms with Crippen LogP contribution in [0.4, 0.5) is 0 Å². The van der Waals surface area contributed by atoms with Crippen LogP contribution in [0.3, 0.4) is 0 Å². The second-order valence-electron chi connectivity index (χ2n) is 2.87. The van der Waals surface area contributed by atoms with Crippen LogP contribution < -0.4 is 4.74 Å². The fraction of sp³-hybridized carbons (Fsp3) is 0.625. The molecule has 2 heterocycles. The SMILES string of the molecule is Cc1cc(OCC2CCO2)no1. The molecule has 0 amide bonds. The molecule has 2 rings (SSSR count). The van der Waals surface area contributed by atoms with Gasteiger partial charge in [0.15, 0.2) is 0 Å². The van der Waals surface area contributed by atoms with Gasteiger partial charge in [0, 0.05) is 19.1 Å². The molecule has 1 fully saturated rings. The first kappa shape index (κ1) is 7.61. The highest BCUT2D eigenvalue weighted by Gasteiger charge is 2.19. The Balaban J connectivity index is 1.79. The summed E-state index contributed by atoms with van der Waals surface area (Å²) >= 11 is 0. The summed E-state index contributed by atoms with van der Waals surface area (Å²) in [6, 6.07) is 1.76. The van der Waals surface area contributed by atoms with Gasteiger partial charge < -0.3 is 14.0 Å². The number of nitrogens with zero attached hydrogens (tertiary/aromatic N) is 1. The molecule has 1 aliphatic heterocycles. The molecular weight excluding hydrogens is 158 g/mol.